The van der Waals surface area contributed by atoms with Gasteiger partial charge in [-0.2, -0.15) is 20.4 Å². The average Bonchev–Trinajstić information content (AvgIpc) is 4.60. The van der Waals surface area contributed by atoms with Gasteiger partial charge in [-0.25, -0.2) is 39.6 Å². The Bertz CT molecular complexity index is 3060. The smallest absolute Gasteiger partial charge is 0.147 e. The number of benzene rings is 3. The van der Waals surface area contributed by atoms with Gasteiger partial charge in [-0.1, -0.05) is 174 Å². The highest BCUT2D eigenvalue weighted by atomic mass is 15.3. The first kappa shape index (κ1) is 83.0. The summed E-state index contributed by atoms with van der Waals surface area (Å²) in [6, 6.07) is 33.0. The molecule has 0 atom stereocenters. The van der Waals surface area contributed by atoms with Gasteiger partial charge in [0.05, 0.1) is 30.5 Å². The number of aromatic nitrogens is 18. The molecule has 8 aromatic heterocycles. The van der Waals surface area contributed by atoms with Crippen molar-refractivity contribution in [3.05, 3.63) is 258 Å². The highest BCUT2D eigenvalue weighted by molar-refractivity contribution is 5.17. The predicted octanol–water partition coefficient (Wildman–Crippen LogP) is 16.1. The van der Waals surface area contributed by atoms with E-state index in [2.05, 4.69) is 135 Å². The molecule has 0 aliphatic carbocycles. The summed E-state index contributed by atoms with van der Waals surface area (Å²) in [6.45, 7) is 46.2. The Morgan fingerprint density at radius 2 is 0.875 bits per heavy atom. The van der Waals surface area contributed by atoms with Crippen LogP contribution in [0.2, 0.25) is 0 Å². The summed E-state index contributed by atoms with van der Waals surface area (Å²) in [5.41, 5.74) is 8.14. The number of nitrogens with zero attached hydrogens (tertiary/aromatic N) is 18. The summed E-state index contributed by atoms with van der Waals surface area (Å²) in [5, 5.41) is 15.6. The van der Waals surface area contributed by atoms with E-state index in [0.717, 1.165) is 77.1 Å². The molecule has 478 valence electrons. The first-order chi connectivity index (χ1) is 42.6. The van der Waals surface area contributed by atoms with E-state index in [4.69, 9.17) is 0 Å². The maximum absolute atomic E-state index is 4.31. The summed E-state index contributed by atoms with van der Waals surface area (Å²) >= 11 is 0. The van der Waals surface area contributed by atoms with Crippen LogP contribution in [0.25, 0.3) is 0 Å². The fraction of sp³-hybridized carbons (Fsp3) is 0.386. The van der Waals surface area contributed by atoms with Gasteiger partial charge >= 0.3 is 0 Å². The fourth-order valence-corrected chi connectivity index (χ4v) is 6.33. The third-order valence-electron chi connectivity index (χ3n) is 10.5. The number of rotatable bonds is 6. The molecule has 0 amide bonds. The zero-order chi connectivity index (χ0) is 66.9. The fourth-order valence-electron chi connectivity index (χ4n) is 6.33. The molecule has 8 heterocycles. The Morgan fingerprint density at radius 1 is 0.375 bits per heavy atom. The van der Waals surface area contributed by atoms with Crippen molar-refractivity contribution in [1.29, 1.82) is 0 Å². The van der Waals surface area contributed by atoms with Gasteiger partial charge in [0.25, 0.3) is 0 Å². The van der Waals surface area contributed by atoms with Crippen molar-refractivity contribution in [2.24, 2.45) is 14.1 Å². The largest absolute Gasteiger partial charge is 0.338 e. The molecule has 18 nitrogen and oxygen atoms in total. The van der Waals surface area contributed by atoms with Gasteiger partial charge < -0.3 is 13.7 Å². The molecule has 0 aliphatic heterocycles. The lowest BCUT2D eigenvalue weighted by Crippen LogP contribution is -2.03. The normalized spacial score (nSPS) is 8.82. The van der Waals surface area contributed by atoms with Crippen LogP contribution in [-0.4, -0.2) is 88.3 Å². The summed E-state index contributed by atoms with van der Waals surface area (Å²) in [6.07, 6.45) is 25.0. The van der Waals surface area contributed by atoms with Crippen LogP contribution in [-0.2, 0) is 33.7 Å². The zero-order valence-electron chi connectivity index (χ0n) is 58.0. The molecule has 0 saturated carbocycles. The minimum absolute atomic E-state index is 0.799. The molecular weight excluding hydrogens is 1090 g/mol. The Balaban J connectivity index is -0.000000928. The second kappa shape index (κ2) is 55.7. The third-order valence-corrected chi connectivity index (χ3v) is 10.5. The number of hydrogen-bond donors (Lipinski definition) is 0. The lowest BCUT2D eigenvalue weighted by Gasteiger charge is -2.03. The summed E-state index contributed by atoms with van der Waals surface area (Å²) in [7, 11) is 3.86. The Labute approximate surface area is 530 Å². The monoisotopic (exact) mass is 1200 g/mol. The second-order valence-electron chi connectivity index (χ2n) is 17.2. The van der Waals surface area contributed by atoms with Crippen LogP contribution in [0.5, 0.6) is 0 Å². The van der Waals surface area contributed by atoms with E-state index in [9.17, 15) is 0 Å². The summed E-state index contributed by atoms with van der Waals surface area (Å²) in [5.74, 6) is 5.71. The molecule has 0 unspecified atom stereocenters. The van der Waals surface area contributed by atoms with Crippen molar-refractivity contribution in [1.82, 2.24) is 88.3 Å². The molecule has 11 aromatic rings. The van der Waals surface area contributed by atoms with Crippen LogP contribution >= 0.6 is 0 Å². The van der Waals surface area contributed by atoms with Gasteiger partial charge in [0.15, 0.2) is 0 Å². The molecule has 0 aliphatic rings. The third kappa shape index (κ3) is 41.0. The number of hydrogen-bond acceptors (Lipinski definition) is 13. The Hall–Kier alpha value is -9.19. The number of imidazole rings is 3. The molecule has 0 N–H and O–H groups in total. The van der Waals surface area contributed by atoms with Gasteiger partial charge in [0.1, 0.15) is 41.3 Å². The molecule has 0 spiro atoms. The lowest BCUT2D eigenvalue weighted by atomic mass is 10.2. The molecule has 88 heavy (non-hydrogen) atoms. The van der Waals surface area contributed by atoms with E-state index in [-0.39, 0.29) is 0 Å². The number of aryl methyl sites for hydroxylation is 12. The van der Waals surface area contributed by atoms with Crippen molar-refractivity contribution in [2.45, 2.75) is 172 Å². The van der Waals surface area contributed by atoms with Gasteiger partial charge in [-0.15, -0.1) is 0 Å². The second-order valence-corrected chi connectivity index (χ2v) is 17.2. The van der Waals surface area contributed by atoms with Gasteiger partial charge in [-0.3, -0.25) is 14.6 Å². The molecule has 11 rings (SSSR count). The van der Waals surface area contributed by atoms with Crippen LogP contribution in [0.4, 0.5) is 0 Å². The molecule has 0 saturated heterocycles. The molecule has 0 radical (unpaired) electrons. The minimum atomic E-state index is 0.799. The zero-order valence-corrected chi connectivity index (χ0v) is 58.0. The lowest BCUT2D eigenvalue weighted by molar-refractivity contribution is 0.656. The average molecular weight is 1200 g/mol. The van der Waals surface area contributed by atoms with Crippen molar-refractivity contribution >= 4 is 0 Å². The van der Waals surface area contributed by atoms with Crippen LogP contribution in [0, 0.1) is 69.2 Å². The standard InChI is InChI=1S/C11H13N3.2C11H12N2.C5H9N3.C5H6N2.C5H8N2.2C5H6N2.6C2H6/c1-9-12-10(2)14(13-9)8-11-6-4-3-5-7-11;1-10-7-13(9-12-10)8-11-5-3-2-4-6-11;1-10-12-7-8-13(10)9-11-5-3-2-4-6-11;1-4-6-5(2)8(3)7-4;1-5-2-6-4-7-3-5;1-5-6-3-4-7(5)2;1-5-4-6-2-3-7-5;1-5-2-3-6-7-4-5;6*1-2/h3-7H,8H2,1-2H3;2-7,9H,8H2,1H3;2-8H,9H2,1H3;1-3H3;2-4H,1H3;3-4H,1-2H3;2*2-4H,1H3;6*1-2H3. The van der Waals surface area contributed by atoms with E-state index in [1.54, 1.807) is 54.3 Å². The SMILES string of the molecule is CC.CC.CC.CC.CC.CC.Cc1ccnnc1.Cc1cn(Cc2ccccc2)cn1.Cc1cnccn1.Cc1cncnc1.Cc1nc(C)n(C)n1.Cc1nc(C)n(Cc2ccccc2)n1.Cc1nccn1C.Cc1nccn1Cc1ccccc1. The maximum Gasteiger partial charge on any atom is 0.147 e. The quantitative estimate of drug-likeness (QED) is 0.153. The Kier molecular flexibility index (Phi) is 52.5. The van der Waals surface area contributed by atoms with Gasteiger partial charge in [0.2, 0.25) is 0 Å². The van der Waals surface area contributed by atoms with Crippen molar-refractivity contribution < 1.29 is 0 Å². The predicted molar refractivity (Wildman–Crippen MR) is 367 cm³/mol. The van der Waals surface area contributed by atoms with Gasteiger partial charge in [0, 0.05) is 95.4 Å². The first-order valence-corrected chi connectivity index (χ1v) is 30.6. The molecule has 0 bridgehead atoms. The topological polar surface area (TPSA) is 192 Å². The van der Waals surface area contributed by atoms with Crippen LogP contribution in [0.15, 0.2) is 184 Å². The van der Waals surface area contributed by atoms with Crippen LogP contribution < -0.4 is 0 Å². The Morgan fingerprint density at radius 3 is 1.17 bits per heavy atom. The van der Waals surface area contributed by atoms with Crippen LogP contribution in [0.3, 0.4) is 0 Å². The van der Waals surface area contributed by atoms with E-state index >= 15 is 0 Å². The van der Waals surface area contributed by atoms with Gasteiger partial charge in [-0.05, 0) is 103 Å². The van der Waals surface area contributed by atoms with E-state index in [1.807, 2.05) is 243 Å². The summed E-state index contributed by atoms with van der Waals surface area (Å²) < 4.78 is 9.88. The van der Waals surface area contributed by atoms with Crippen molar-refractivity contribution in [2.75, 3.05) is 0 Å². The molecular formula is C70H108N18. The van der Waals surface area contributed by atoms with E-state index in [1.165, 1.54) is 23.0 Å². The van der Waals surface area contributed by atoms with E-state index < -0.39 is 0 Å². The highest BCUT2D eigenvalue weighted by Gasteiger charge is 2.02. The first-order valence-electron chi connectivity index (χ1n) is 30.6. The molecule has 18 heteroatoms. The highest BCUT2D eigenvalue weighted by Crippen LogP contribution is 2.06. The maximum atomic E-state index is 4.31. The van der Waals surface area contributed by atoms with E-state index in [0.29, 0.717) is 0 Å². The van der Waals surface area contributed by atoms with Crippen molar-refractivity contribution in [3.63, 3.8) is 0 Å². The van der Waals surface area contributed by atoms with Crippen molar-refractivity contribution in [3.8, 4) is 0 Å². The summed E-state index contributed by atoms with van der Waals surface area (Å²) in [4.78, 5) is 35.9. The minimum Gasteiger partial charge on any atom is -0.338 e. The molecule has 0 fully saturated rings. The molecule has 3 aromatic carbocycles. The van der Waals surface area contributed by atoms with Crippen LogP contribution in [0.1, 0.15) is 157 Å².